The molecule has 1 heterocycles. The van der Waals surface area contributed by atoms with Gasteiger partial charge in [-0.1, -0.05) is 37.3 Å². The minimum Gasteiger partial charge on any atom is -0.350 e. The molecule has 0 bridgehead atoms. The second kappa shape index (κ2) is 4.83. The van der Waals surface area contributed by atoms with Crippen molar-refractivity contribution in [2.75, 3.05) is 0 Å². The maximum Gasteiger partial charge on any atom is 0.0470 e. The van der Waals surface area contributed by atoms with Crippen molar-refractivity contribution in [3.63, 3.8) is 0 Å². The average Bonchev–Trinajstić information content (AvgIpc) is 2.68. The van der Waals surface area contributed by atoms with Crippen LogP contribution in [0.4, 0.5) is 0 Å². The minimum atomic E-state index is 0.956. The van der Waals surface area contributed by atoms with Crippen molar-refractivity contribution in [2.45, 2.75) is 19.4 Å². The lowest BCUT2D eigenvalue weighted by molar-refractivity contribution is 0.800. The first-order valence-corrected chi connectivity index (χ1v) is 5.36. The third-order valence-electron chi connectivity index (χ3n) is 2.49. The summed E-state index contributed by atoms with van der Waals surface area (Å²) in [6, 6.07) is 12.7. The van der Waals surface area contributed by atoms with Crippen molar-refractivity contribution in [1.29, 1.82) is 0 Å². The zero-order chi connectivity index (χ0) is 10.5. The summed E-state index contributed by atoms with van der Waals surface area (Å²) in [5.41, 5.74) is 2.72. The van der Waals surface area contributed by atoms with Crippen LogP contribution in [0.1, 0.15) is 17.5 Å². The molecule has 0 amide bonds. The van der Waals surface area contributed by atoms with Gasteiger partial charge in [-0.2, -0.15) is 0 Å². The van der Waals surface area contributed by atoms with Crippen LogP contribution in [0.5, 0.6) is 0 Å². The topological polar surface area (TPSA) is 4.93 Å². The molecule has 0 aliphatic rings. The molecule has 0 aliphatic heterocycles. The summed E-state index contributed by atoms with van der Waals surface area (Å²) in [7, 11) is 0. The highest BCUT2D eigenvalue weighted by atomic mass is 14.9. The third-order valence-corrected chi connectivity index (χ3v) is 2.49. The van der Waals surface area contributed by atoms with Crippen LogP contribution in [0.3, 0.4) is 0 Å². The molecule has 0 spiro atoms. The summed E-state index contributed by atoms with van der Waals surface area (Å²) in [5.74, 6) is 0. The number of aromatic nitrogens is 1. The number of hydrogen-bond donors (Lipinski definition) is 0. The molecule has 1 aromatic carbocycles. The van der Waals surface area contributed by atoms with Gasteiger partial charge in [0.25, 0.3) is 0 Å². The summed E-state index contributed by atoms with van der Waals surface area (Å²) in [6.45, 7) is 4.82. The van der Waals surface area contributed by atoms with Gasteiger partial charge < -0.3 is 4.57 Å². The van der Waals surface area contributed by atoms with Crippen LogP contribution in [-0.2, 0) is 13.0 Å². The van der Waals surface area contributed by atoms with Crippen molar-refractivity contribution in [3.8, 4) is 0 Å². The summed E-state index contributed by atoms with van der Waals surface area (Å²) in [5, 5.41) is 0. The number of hydrogen-bond acceptors (Lipinski definition) is 0. The van der Waals surface area contributed by atoms with E-state index in [4.69, 9.17) is 0 Å². The molecule has 1 aromatic heterocycles. The van der Waals surface area contributed by atoms with E-state index in [1.807, 2.05) is 6.07 Å². The molecule has 0 fully saturated rings. The highest BCUT2D eigenvalue weighted by Crippen LogP contribution is 2.07. The largest absolute Gasteiger partial charge is 0.350 e. The van der Waals surface area contributed by atoms with Gasteiger partial charge in [-0.05, 0) is 30.0 Å². The van der Waals surface area contributed by atoms with Gasteiger partial charge in [-0.15, -0.1) is 0 Å². The van der Waals surface area contributed by atoms with E-state index in [1.54, 1.807) is 0 Å². The van der Waals surface area contributed by atoms with Crippen LogP contribution >= 0.6 is 0 Å². The summed E-state index contributed by atoms with van der Waals surface area (Å²) < 4.78 is 2.22. The van der Waals surface area contributed by atoms with Crippen LogP contribution in [-0.4, -0.2) is 4.57 Å². The van der Waals surface area contributed by atoms with Crippen LogP contribution < -0.4 is 0 Å². The van der Waals surface area contributed by atoms with Gasteiger partial charge in [0.05, 0.1) is 0 Å². The lowest BCUT2D eigenvalue weighted by Gasteiger charge is -2.02. The lowest BCUT2D eigenvalue weighted by Crippen LogP contribution is -1.95. The van der Waals surface area contributed by atoms with Crippen LogP contribution in [0.15, 0.2) is 48.8 Å². The van der Waals surface area contributed by atoms with Crippen LogP contribution in [0.2, 0.25) is 0 Å². The Labute approximate surface area is 91.4 Å². The second-order valence-corrected chi connectivity index (χ2v) is 3.78. The van der Waals surface area contributed by atoms with Gasteiger partial charge in [0, 0.05) is 18.9 Å². The quantitative estimate of drug-likeness (QED) is 0.710. The number of nitrogens with zero attached hydrogens (tertiary/aromatic N) is 1. The van der Waals surface area contributed by atoms with E-state index in [2.05, 4.69) is 54.2 Å². The Morgan fingerprint density at radius 2 is 1.80 bits per heavy atom. The number of rotatable bonds is 4. The molecule has 1 heteroatoms. The Bertz CT molecular complexity index is 400. The molecule has 77 valence electrons. The first-order chi connectivity index (χ1) is 7.38. The smallest absolute Gasteiger partial charge is 0.0470 e. The zero-order valence-electron chi connectivity index (χ0n) is 8.89. The first-order valence-electron chi connectivity index (χ1n) is 5.36. The predicted octanol–water partition coefficient (Wildman–Crippen LogP) is 3.30. The third kappa shape index (κ3) is 2.72. The van der Waals surface area contributed by atoms with E-state index >= 15 is 0 Å². The summed E-state index contributed by atoms with van der Waals surface area (Å²) in [4.78, 5) is 0. The Balaban J connectivity index is 2.05. The van der Waals surface area contributed by atoms with E-state index in [0.29, 0.717) is 0 Å². The van der Waals surface area contributed by atoms with Gasteiger partial charge in [0.1, 0.15) is 0 Å². The highest BCUT2D eigenvalue weighted by Gasteiger charge is 1.96. The van der Waals surface area contributed by atoms with Crippen molar-refractivity contribution in [1.82, 2.24) is 4.57 Å². The molecule has 1 radical (unpaired) electrons. The lowest BCUT2D eigenvalue weighted by atomic mass is 10.2. The van der Waals surface area contributed by atoms with Gasteiger partial charge >= 0.3 is 0 Å². The fourth-order valence-electron chi connectivity index (χ4n) is 1.74. The average molecular weight is 198 g/mol. The molecule has 0 saturated carbocycles. The molecule has 0 atom stereocenters. The first kappa shape index (κ1) is 10.0. The fraction of sp³-hybridized carbons (Fsp3) is 0.214. The molecule has 0 unspecified atom stereocenters. The highest BCUT2D eigenvalue weighted by molar-refractivity contribution is 5.17. The van der Waals surface area contributed by atoms with Crippen molar-refractivity contribution in [2.24, 2.45) is 0 Å². The standard InChI is InChI=1S/C14H16N/c1-2-6-13-9-10-15(11-13)12-14-7-4-3-5-8-14/h3-5,7-11H,1-2,6,12H2. The van der Waals surface area contributed by atoms with E-state index in [0.717, 1.165) is 19.4 Å². The van der Waals surface area contributed by atoms with Crippen molar-refractivity contribution < 1.29 is 0 Å². The van der Waals surface area contributed by atoms with Crippen molar-refractivity contribution >= 4 is 0 Å². The Morgan fingerprint density at radius 3 is 2.53 bits per heavy atom. The molecule has 0 N–H and O–H groups in total. The van der Waals surface area contributed by atoms with E-state index in [-0.39, 0.29) is 0 Å². The molecule has 0 saturated heterocycles. The predicted molar refractivity (Wildman–Crippen MR) is 63.7 cm³/mol. The normalized spacial score (nSPS) is 10.5. The fourth-order valence-corrected chi connectivity index (χ4v) is 1.74. The molecule has 0 aliphatic carbocycles. The maximum atomic E-state index is 3.86. The Kier molecular flexibility index (Phi) is 3.23. The zero-order valence-corrected chi connectivity index (χ0v) is 8.89. The van der Waals surface area contributed by atoms with Crippen molar-refractivity contribution in [3.05, 3.63) is 66.8 Å². The Hall–Kier alpha value is -1.50. The molecule has 2 aromatic rings. The molecule has 1 nitrogen and oxygen atoms in total. The number of benzene rings is 1. The van der Waals surface area contributed by atoms with Crippen LogP contribution in [0.25, 0.3) is 0 Å². The minimum absolute atomic E-state index is 0.956. The van der Waals surface area contributed by atoms with Gasteiger partial charge in [0.15, 0.2) is 0 Å². The van der Waals surface area contributed by atoms with Crippen LogP contribution in [0, 0.1) is 6.92 Å². The second-order valence-electron chi connectivity index (χ2n) is 3.78. The monoisotopic (exact) mass is 198 g/mol. The van der Waals surface area contributed by atoms with Gasteiger partial charge in [-0.25, -0.2) is 0 Å². The molecular weight excluding hydrogens is 182 g/mol. The van der Waals surface area contributed by atoms with Gasteiger partial charge in [0.2, 0.25) is 0 Å². The SMILES string of the molecule is [CH2]CCc1ccn(Cc2ccccc2)c1. The van der Waals surface area contributed by atoms with Gasteiger partial charge in [-0.3, -0.25) is 0 Å². The summed E-state index contributed by atoms with van der Waals surface area (Å²) in [6.07, 6.45) is 6.38. The van der Waals surface area contributed by atoms with E-state index in [1.165, 1.54) is 11.1 Å². The Morgan fingerprint density at radius 1 is 1.00 bits per heavy atom. The number of aryl methyl sites for hydroxylation is 1. The molecule has 2 rings (SSSR count). The molecule has 15 heavy (non-hydrogen) atoms. The van der Waals surface area contributed by atoms with E-state index in [9.17, 15) is 0 Å². The summed E-state index contributed by atoms with van der Waals surface area (Å²) >= 11 is 0. The van der Waals surface area contributed by atoms with E-state index < -0.39 is 0 Å². The maximum absolute atomic E-state index is 3.86. The molecular formula is C14H16N.